The zero-order valence-electron chi connectivity index (χ0n) is 28.5. The van der Waals surface area contributed by atoms with Crippen LogP contribution in [0.3, 0.4) is 0 Å². The predicted molar refractivity (Wildman–Crippen MR) is 184 cm³/mol. The number of allylic oxidation sites excluding steroid dienone is 1. The van der Waals surface area contributed by atoms with Gasteiger partial charge in [-0.2, -0.15) is 0 Å². The van der Waals surface area contributed by atoms with E-state index in [0.29, 0.717) is 38.6 Å². The van der Waals surface area contributed by atoms with Crippen LogP contribution in [0, 0.1) is 28.5 Å². The molecule has 2 amide bonds. The highest BCUT2D eigenvalue weighted by Crippen LogP contribution is 2.49. The third-order valence-corrected chi connectivity index (χ3v) is 11.4. The monoisotopic (exact) mass is 668 g/mol. The SMILES string of the molecule is COc1cc(F)c(O[C@H]2CC[C@@](C)(C(=O)OCc3cccc4ccccc34)CC2)cc1C(=O)N[C@@H]1CC2=C[C@@H]2[C@@H]1C(=O)NCC1(C)CCC1. The Morgan fingerprint density at radius 3 is 2.45 bits per heavy atom. The standard InChI is InChI=1S/C40H45FN2O6/c1-39(14-7-15-39)23-42-37(45)35-29-18-26(29)19-32(35)43-36(44)30-20-34(31(41)21-33(30)47-3)49-27-12-16-40(2,17-13-27)38(46)48-22-25-10-6-9-24-8-4-5-11-28(24)25/h4-6,8-11,18,20-21,27,29,32,35H,7,12-17,19,22-23H2,1-3H3,(H,42,45)(H,43,44)/t27-,29-,32+,35-,40+/m0/s1. The van der Waals surface area contributed by atoms with E-state index in [4.69, 9.17) is 14.2 Å². The maximum atomic E-state index is 15.3. The van der Waals surface area contributed by atoms with Crippen LogP contribution in [0.15, 0.2) is 66.2 Å². The van der Waals surface area contributed by atoms with Crippen LogP contribution in [0.4, 0.5) is 4.39 Å². The molecule has 0 heterocycles. The Morgan fingerprint density at radius 1 is 0.959 bits per heavy atom. The zero-order valence-corrected chi connectivity index (χ0v) is 28.5. The molecule has 0 aliphatic heterocycles. The van der Waals surface area contributed by atoms with Crippen LogP contribution in [-0.4, -0.2) is 43.6 Å². The van der Waals surface area contributed by atoms with E-state index in [0.717, 1.165) is 29.2 Å². The number of amides is 2. The summed E-state index contributed by atoms with van der Waals surface area (Å²) in [4.78, 5) is 40.1. The molecule has 0 bridgehead atoms. The molecule has 3 fully saturated rings. The maximum absolute atomic E-state index is 15.3. The van der Waals surface area contributed by atoms with E-state index in [1.165, 1.54) is 31.2 Å². The van der Waals surface area contributed by atoms with Crippen molar-refractivity contribution in [3.8, 4) is 11.5 Å². The average molecular weight is 669 g/mol. The molecule has 3 aromatic carbocycles. The number of fused-ring (bicyclic) bond motifs is 2. The van der Waals surface area contributed by atoms with Gasteiger partial charge in [-0.3, -0.25) is 14.4 Å². The van der Waals surface area contributed by atoms with Crippen molar-refractivity contribution in [3.63, 3.8) is 0 Å². The lowest BCUT2D eigenvalue weighted by atomic mass is 9.70. The molecular weight excluding hydrogens is 623 g/mol. The van der Waals surface area contributed by atoms with Gasteiger partial charge in [-0.1, -0.05) is 67.5 Å². The van der Waals surface area contributed by atoms with Gasteiger partial charge < -0.3 is 24.8 Å². The van der Waals surface area contributed by atoms with E-state index < -0.39 is 17.1 Å². The van der Waals surface area contributed by atoms with E-state index in [-0.39, 0.29) is 64.9 Å². The van der Waals surface area contributed by atoms with E-state index in [1.54, 1.807) is 0 Å². The number of halogens is 1. The van der Waals surface area contributed by atoms with Gasteiger partial charge in [-0.15, -0.1) is 0 Å². The number of esters is 1. The number of methoxy groups -OCH3 is 1. The molecule has 4 aliphatic rings. The van der Waals surface area contributed by atoms with Crippen molar-refractivity contribution < 1.29 is 33.0 Å². The molecule has 7 rings (SSSR count). The topological polar surface area (TPSA) is 103 Å². The number of carbonyl (C=O) groups excluding carboxylic acids is 3. The number of nitrogens with one attached hydrogen (secondary N) is 2. The molecule has 258 valence electrons. The first-order valence-corrected chi connectivity index (χ1v) is 17.5. The highest BCUT2D eigenvalue weighted by Gasteiger charge is 2.50. The Hall–Kier alpha value is -4.40. The lowest BCUT2D eigenvalue weighted by Gasteiger charge is -2.38. The van der Waals surface area contributed by atoms with Crippen molar-refractivity contribution in [2.24, 2.45) is 22.7 Å². The Bertz CT molecular complexity index is 1800. The normalized spacial score (nSPS) is 26.5. The highest BCUT2D eigenvalue weighted by atomic mass is 19.1. The fraction of sp³-hybridized carbons (Fsp3) is 0.475. The van der Waals surface area contributed by atoms with E-state index >= 15 is 4.39 Å². The summed E-state index contributed by atoms with van der Waals surface area (Å²) in [5.74, 6) is -1.59. The molecular formula is C40H45FN2O6. The van der Waals surface area contributed by atoms with E-state index in [9.17, 15) is 14.4 Å². The highest BCUT2D eigenvalue weighted by molar-refractivity contribution is 5.98. The number of hydrogen-bond donors (Lipinski definition) is 2. The van der Waals surface area contributed by atoms with Gasteiger partial charge in [0.2, 0.25) is 5.91 Å². The van der Waals surface area contributed by atoms with Crippen LogP contribution in [0.1, 0.15) is 81.1 Å². The van der Waals surface area contributed by atoms with Gasteiger partial charge in [0.05, 0.1) is 30.1 Å². The van der Waals surface area contributed by atoms with Crippen molar-refractivity contribution in [1.82, 2.24) is 10.6 Å². The van der Waals surface area contributed by atoms with Crippen molar-refractivity contribution in [3.05, 3.63) is 83.2 Å². The molecule has 0 unspecified atom stereocenters. The average Bonchev–Trinajstić information content (AvgIpc) is 3.76. The quantitative estimate of drug-likeness (QED) is 0.168. The lowest BCUT2D eigenvalue weighted by molar-refractivity contribution is -0.159. The van der Waals surface area contributed by atoms with Gasteiger partial charge in [-0.05, 0) is 79.7 Å². The van der Waals surface area contributed by atoms with Crippen molar-refractivity contribution in [2.45, 2.75) is 84.0 Å². The molecule has 0 saturated heterocycles. The summed E-state index contributed by atoms with van der Waals surface area (Å²) in [6, 6.07) is 16.2. The van der Waals surface area contributed by atoms with Gasteiger partial charge in [0.15, 0.2) is 11.6 Å². The number of ether oxygens (including phenoxy) is 3. The first-order chi connectivity index (χ1) is 23.6. The summed E-state index contributed by atoms with van der Waals surface area (Å²) in [6.07, 6.45) is 7.90. The summed E-state index contributed by atoms with van der Waals surface area (Å²) >= 11 is 0. The van der Waals surface area contributed by atoms with Gasteiger partial charge in [-0.25, -0.2) is 4.39 Å². The lowest BCUT2D eigenvalue weighted by Crippen LogP contribution is -2.48. The summed E-state index contributed by atoms with van der Waals surface area (Å²) in [5.41, 5.74) is 1.78. The Balaban J connectivity index is 0.963. The molecule has 49 heavy (non-hydrogen) atoms. The molecule has 9 heteroatoms. The zero-order chi connectivity index (χ0) is 34.3. The summed E-state index contributed by atoms with van der Waals surface area (Å²) in [7, 11) is 1.39. The number of hydrogen-bond acceptors (Lipinski definition) is 6. The largest absolute Gasteiger partial charge is 0.496 e. The van der Waals surface area contributed by atoms with E-state index in [2.05, 4.69) is 23.6 Å². The molecule has 0 spiro atoms. The van der Waals surface area contributed by atoms with Crippen LogP contribution >= 0.6 is 0 Å². The minimum atomic E-state index is -0.677. The van der Waals surface area contributed by atoms with E-state index in [1.807, 2.05) is 49.4 Å². The molecule has 8 nitrogen and oxygen atoms in total. The second-order valence-corrected chi connectivity index (χ2v) is 15.0. The van der Waals surface area contributed by atoms with Crippen LogP contribution < -0.4 is 20.1 Å². The molecule has 3 saturated carbocycles. The molecule has 4 aliphatic carbocycles. The number of carbonyl (C=O) groups is 3. The smallest absolute Gasteiger partial charge is 0.312 e. The van der Waals surface area contributed by atoms with Crippen molar-refractivity contribution in [2.75, 3.05) is 13.7 Å². The Labute approximate surface area is 286 Å². The molecule has 0 aromatic heterocycles. The van der Waals surface area contributed by atoms with Gasteiger partial charge in [0.1, 0.15) is 12.4 Å². The minimum Gasteiger partial charge on any atom is -0.496 e. The van der Waals surface area contributed by atoms with Crippen molar-refractivity contribution >= 4 is 28.6 Å². The summed E-state index contributed by atoms with van der Waals surface area (Å²) in [5, 5.41) is 8.34. The maximum Gasteiger partial charge on any atom is 0.312 e. The molecule has 2 N–H and O–H groups in total. The van der Waals surface area contributed by atoms with Gasteiger partial charge in [0, 0.05) is 24.6 Å². The summed E-state index contributed by atoms with van der Waals surface area (Å²) in [6.45, 7) is 4.95. The van der Waals surface area contributed by atoms with Crippen molar-refractivity contribution in [1.29, 1.82) is 0 Å². The van der Waals surface area contributed by atoms with Crippen LogP contribution in [0.5, 0.6) is 11.5 Å². The summed E-state index contributed by atoms with van der Waals surface area (Å²) < 4.78 is 32.6. The second-order valence-electron chi connectivity index (χ2n) is 15.0. The van der Waals surface area contributed by atoms with Crippen LogP contribution in [0.25, 0.3) is 10.8 Å². The fourth-order valence-corrected chi connectivity index (χ4v) is 7.90. The minimum absolute atomic E-state index is 0.0380. The third kappa shape index (κ3) is 6.77. The first kappa shape index (κ1) is 33.1. The fourth-order valence-electron chi connectivity index (χ4n) is 7.90. The number of benzene rings is 3. The third-order valence-electron chi connectivity index (χ3n) is 11.4. The molecule has 3 atom stereocenters. The predicted octanol–water partition coefficient (Wildman–Crippen LogP) is 7.04. The Kier molecular flexibility index (Phi) is 8.88. The number of rotatable bonds is 11. The van der Waals surface area contributed by atoms with Crippen LogP contribution in [0.2, 0.25) is 0 Å². The van der Waals surface area contributed by atoms with Crippen LogP contribution in [-0.2, 0) is 20.9 Å². The molecule has 0 radical (unpaired) electrons. The first-order valence-electron chi connectivity index (χ1n) is 17.5. The molecule has 3 aromatic rings. The second kappa shape index (κ2) is 13.1. The Morgan fingerprint density at radius 2 is 1.71 bits per heavy atom. The van der Waals surface area contributed by atoms with Gasteiger partial charge in [0.25, 0.3) is 5.91 Å². The van der Waals surface area contributed by atoms with Gasteiger partial charge >= 0.3 is 5.97 Å².